The van der Waals surface area contributed by atoms with Gasteiger partial charge in [0.05, 0.1) is 0 Å². The summed E-state index contributed by atoms with van der Waals surface area (Å²) in [4.78, 5) is 2.80. The second kappa shape index (κ2) is 6.58. The summed E-state index contributed by atoms with van der Waals surface area (Å²) in [5, 5.41) is 3.88. The molecule has 0 radical (unpaired) electrons. The molecule has 1 N–H and O–H groups in total. The number of likely N-dealkylation sites (tertiary alicyclic amines) is 1. The van der Waals surface area contributed by atoms with Gasteiger partial charge in [-0.2, -0.15) is 0 Å². The third-order valence-corrected chi connectivity index (χ3v) is 5.48. The minimum Gasteiger partial charge on any atom is -0.310 e. The second-order valence-electron chi connectivity index (χ2n) is 7.37. The highest BCUT2D eigenvalue weighted by Crippen LogP contribution is 2.28. The van der Waals surface area contributed by atoms with Crippen molar-refractivity contribution in [1.29, 1.82) is 0 Å². The molecule has 2 saturated carbocycles. The van der Waals surface area contributed by atoms with Gasteiger partial charge < -0.3 is 10.2 Å². The fourth-order valence-electron chi connectivity index (χ4n) is 4.19. The summed E-state index contributed by atoms with van der Waals surface area (Å²) in [6.07, 6.45) is 13.1. The summed E-state index contributed by atoms with van der Waals surface area (Å²) in [5.74, 6) is 1.94. The Bertz CT molecular complexity index is 268. The first-order valence-corrected chi connectivity index (χ1v) is 8.82. The smallest absolute Gasteiger partial charge is 0.0200 e. The van der Waals surface area contributed by atoms with Gasteiger partial charge in [0.2, 0.25) is 0 Å². The van der Waals surface area contributed by atoms with Crippen molar-refractivity contribution in [2.24, 2.45) is 11.8 Å². The molecule has 2 heteroatoms. The van der Waals surface area contributed by atoms with Crippen molar-refractivity contribution in [3.63, 3.8) is 0 Å². The van der Waals surface area contributed by atoms with Crippen molar-refractivity contribution < 1.29 is 0 Å². The normalized spacial score (nSPS) is 34.6. The van der Waals surface area contributed by atoms with Crippen LogP contribution in [-0.4, -0.2) is 36.6 Å². The van der Waals surface area contributed by atoms with Gasteiger partial charge in [0.1, 0.15) is 0 Å². The molecular weight excluding hydrogens is 232 g/mol. The third-order valence-electron chi connectivity index (χ3n) is 5.48. The van der Waals surface area contributed by atoms with E-state index in [0.717, 1.165) is 23.9 Å². The molecule has 110 valence electrons. The van der Waals surface area contributed by atoms with E-state index in [0.29, 0.717) is 0 Å². The highest BCUT2D eigenvalue weighted by Gasteiger charge is 2.31. The van der Waals surface area contributed by atoms with Crippen LogP contribution in [0.3, 0.4) is 0 Å². The minimum absolute atomic E-state index is 0.787. The average Bonchev–Trinajstić information content (AvgIpc) is 3.23. The number of nitrogens with zero attached hydrogens (tertiary/aromatic N) is 1. The van der Waals surface area contributed by atoms with Crippen molar-refractivity contribution in [3.05, 3.63) is 0 Å². The van der Waals surface area contributed by atoms with E-state index in [1.54, 1.807) is 0 Å². The van der Waals surface area contributed by atoms with Crippen molar-refractivity contribution in [2.45, 2.75) is 76.8 Å². The van der Waals surface area contributed by atoms with Crippen LogP contribution in [0.1, 0.15) is 64.7 Å². The van der Waals surface area contributed by atoms with E-state index < -0.39 is 0 Å². The Morgan fingerprint density at radius 3 is 2.37 bits per heavy atom. The molecule has 0 amide bonds. The Labute approximate surface area is 119 Å². The molecule has 1 heterocycles. The molecule has 0 bridgehead atoms. The van der Waals surface area contributed by atoms with E-state index in [9.17, 15) is 0 Å². The largest absolute Gasteiger partial charge is 0.310 e. The van der Waals surface area contributed by atoms with Gasteiger partial charge in [-0.3, -0.25) is 0 Å². The van der Waals surface area contributed by atoms with Gasteiger partial charge >= 0.3 is 0 Å². The molecule has 0 aromatic rings. The minimum atomic E-state index is 0.787. The zero-order valence-electron chi connectivity index (χ0n) is 12.7. The van der Waals surface area contributed by atoms with Gasteiger partial charge in [0.25, 0.3) is 0 Å². The first-order chi connectivity index (χ1) is 9.33. The molecule has 3 rings (SSSR count). The summed E-state index contributed by atoms with van der Waals surface area (Å²) >= 11 is 0. The first kappa shape index (κ1) is 13.9. The number of hydrogen-bond donors (Lipinski definition) is 1. The summed E-state index contributed by atoms with van der Waals surface area (Å²) in [6, 6.07) is 1.66. The zero-order valence-corrected chi connectivity index (χ0v) is 12.7. The van der Waals surface area contributed by atoms with Gasteiger partial charge in [-0.05, 0) is 43.9 Å². The van der Waals surface area contributed by atoms with Gasteiger partial charge in [-0.1, -0.05) is 32.6 Å². The molecule has 1 saturated heterocycles. The molecule has 0 aromatic carbocycles. The van der Waals surface area contributed by atoms with Crippen LogP contribution < -0.4 is 5.32 Å². The number of hydrogen-bond acceptors (Lipinski definition) is 2. The van der Waals surface area contributed by atoms with E-state index in [2.05, 4.69) is 17.1 Å². The van der Waals surface area contributed by atoms with E-state index in [1.165, 1.54) is 77.4 Å². The molecule has 0 aromatic heterocycles. The predicted octanol–water partition coefficient (Wildman–Crippen LogP) is 3.42. The molecule has 2 nitrogen and oxygen atoms in total. The Morgan fingerprint density at radius 1 is 0.895 bits per heavy atom. The lowest BCUT2D eigenvalue weighted by Crippen LogP contribution is -2.51. The number of nitrogens with one attached hydrogen (secondary N) is 1. The van der Waals surface area contributed by atoms with Gasteiger partial charge in [0.15, 0.2) is 0 Å². The Morgan fingerprint density at radius 2 is 1.68 bits per heavy atom. The molecule has 3 fully saturated rings. The number of rotatable bonds is 5. The van der Waals surface area contributed by atoms with Gasteiger partial charge in [-0.15, -0.1) is 0 Å². The van der Waals surface area contributed by atoms with Crippen LogP contribution in [0.5, 0.6) is 0 Å². The molecule has 2 atom stereocenters. The van der Waals surface area contributed by atoms with Gasteiger partial charge in [0, 0.05) is 31.7 Å². The second-order valence-corrected chi connectivity index (χ2v) is 7.37. The molecule has 3 aliphatic rings. The van der Waals surface area contributed by atoms with Crippen LogP contribution in [0.4, 0.5) is 0 Å². The van der Waals surface area contributed by atoms with Crippen LogP contribution in [0.15, 0.2) is 0 Å². The van der Waals surface area contributed by atoms with Crippen LogP contribution >= 0.6 is 0 Å². The standard InChI is InChI=1S/C17H32N2/c1-2-14-10-17(18-16-8-9-16)13-19(11-14)12-15-6-4-3-5-7-15/h14-18H,2-13H2,1H3. The lowest BCUT2D eigenvalue weighted by Gasteiger charge is -2.40. The summed E-state index contributed by atoms with van der Waals surface area (Å²) in [5.41, 5.74) is 0. The Hall–Kier alpha value is -0.0800. The lowest BCUT2D eigenvalue weighted by molar-refractivity contribution is 0.110. The Balaban J connectivity index is 1.50. The van der Waals surface area contributed by atoms with Crippen molar-refractivity contribution in [1.82, 2.24) is 10.2 Å². The van der Waals surface area contributed by atoms with E-state index in [4.69, 9.17) is 0 Å². The summed E-state index contributed by atoms with van der Waals surface area (Å²) in [6.45, 7) is 6.46. The molecule has 19 heavy (non-hydrogen) atoms. The highest BCUT2D eigenvalue weighted by atomic mass is 15.2. The molecule has 1 aliphatic heterocycles. The topological polar surface area (TPSA) is 15.3 Å². The Kier molecular flexibility index (Phi) is 4.81. The number of piperidine rings is 1. The fraction of sp³-hybridized carbons (Fsp3) is 1.00. The third kappa shape index (κ3) is 4.19. The van der Waals surface area contributed by atoms with Crippen molar-refractivity contribution >= 4 is 0 Å². The first-order valence-electron chi connectivity index (χ1n) is 8.82. The predicted molar refractivity (Wildman–Crippen MR) is 81.4 cm³/mol. The monoisotopic (exact) mass is 264 g/mol. The van der Waals surface area contributed by atoms with Crippen LogP contribution in [0.2, 0.25) is 0 Å². The highest BCUT2D eigenvalue weighted by molar-refractivity contribution is 4.90. The molecule has 2 aliphatic carbocycles. The maximum Gasteiger partial charge on any atom is 0.0200 e. The van der Waals surface area contributed by atoms with Crippen molar-refractivity contribution in [2.75, 3.05) is 19.6 Å². The molecule has 0 spiro atoms. The SMILES string of the molecule is CCC1CC(NC2CC2)CN(CC2CCCCC2)C1. The average molecular weight is 264 g/mol. The maximum absolute atomic E-state index is 3.88. The maximum atomic E-state index is 3.88. The summed E-state index contributed by atoms with van der Waals surface area (Å²) < 4.78 is 0. The van der Waals surface area contributed by atoms with Crippen LogP contribution in [0, 0.1) is 11.8 Å². The van der Waals surface area contributed by atoms with Gasteiger partial charge in [-0.25, -0.2) is 0 Å². The van der Waals surface area contributed by atoms with Crippen LogP contribution in [-0.2, 0) is 0 Å². The van der Waals surface area contributed by atoms with E-state index in [1.807, 2.05) is 0 Å². The quantitative estimate of drug-likeness (QED) is 0.818. The molecular formula is C17H32N2. The van der Waals surface area contributed by atoms with E-state index in [-0.39, 0.29) is 0 Å². The lowest BCUT2D eigenvalue weighted by atomic mass is 9.86. The van der Waals surface area contributed by atoms with Crippen molar-refractivity contribution in [3.8, 4) is 0 Å². The fourth-order valence-corrected chi connectivity index (χ4v) is 4.19. The zero-order chi connectivity index (χ0) is 13.1. The van der Waals surface area contributed by atoms with Crippen LogP contribution in [0.25, 0.3) is 0 Å². The van der Waals surface area contributed by atoms with E-state index >= 15 is 0 Å². The summed E-state index contributed by atoms with van der Waals surface area (Å²) in [7, 11) is 0. The molecule has 2 unspecified atom stereocenters.